The fourth-order valence-corrected chi connectivity index (χ4v) is 3.99. The van der Waals surface area contributed by atoms with Crippen LogP contribution in [0.15, 0.2) is 97.1 Å². The highest BCUT2D eigenvalue weighted by Crippen LogP contribution is 2.27. The van der Waals surface area contributed by atoms with E-state index < -0.39 is 17.6 Å². The van der Waals surface area contributed by atoms with Gasteiger partial charge in [-0.3, -0.25) is 0 Å². The normalized spacial score (nSPS) is 11.6. The Kier molecular flexibility index (Phi) is 6.60. The molecule has 0 saturated heterocycles. The van der Waals surface area contributed by atoms with Crippen LogP contribution in [0.2, 0.25) is 5.02 Å². The van der Waals surface area contributed by atoms with Gasteiger partial charge < -0.3 is 9.30 Å². The summed E-state index contributed by atoms with van der Waals surface area (Å²) in [5, 5.41) is 0.622. The lowest BCUT2D eigenvalue weighted by Gasteiger charge is -2.12. The molecule has 0 bridgehead atoms. The average Bonchev–Trinajstić information content (AvgIpc) is 3.22. The van der Waals surface area contributed by atoms with Crippen molar-refractivity contribution in [3.8, 4) is 0 Å². The predicted molar refractivity (Wildman–Crippen MR) is 136 cm³/mol. The molecule has 178 valence electrons. The van der Waals surface area contributed by atoms with Crippen LogP contribution >= 0.6 is 11.6 Å². The van der Waals surface area contributed by atoms with E-state index in [1.165, 1.54) is 42.5 Å². The van der Waals surface area contributed by atoms with E-state index in [9.17, 15) is 13.6 Å². The molecule has 0 aliphatic carbocycles. The third-order valence-corrected chi connectivity index (χ3v) is 5.89. The number of carbonyl (C=O) groups is 1. The molecule has 0 spiro atoms. The number of hydrogen-bond donors (Lipinski definition) is 0. The first-order chi connectivity index (χ1) is 17.5. The number of para-hydroxylation sites is 2. The summed E-state index contributed by atoms with van der Waals surface area (Å²) >= 11 is 6.04. The van der Waals surface area contributed by atoms with Crippen LogP contribution in [0.4, 0.5) is 8.78 Å². The molecule has 0 atom stereocenters. The Balaban J connectivity index is 1.63. The summed E-state index contributed by atoms with van der Waals surface area (Å²) in [5.74, 6) is -1.92. The van der Waals surface area contributed by atoms with E-state index in [0.717, 1.165) is 17.1 Å². The minimum absolute atomic E-state index is 0.0484. The fourth-order valence-electron chi connectivity index (χ4n) is 3.86. The molecule has 7 heteroatoms. The largest absolute Gasteiger partial charge is 0.422 e. The van der Waals surface area contributed by atoms with Gasteiger partial charge in [0.25, 0.3) is 0 Å². The van der Waals surface area contributed by atoms with Gasteiger partial charge in [0.15, 0.2) is 0 Å². The fraction of sp³-hybridized carbons (Fsp3) is 0.0345. The molecule has 0 aliphatic rings. The third-order valence-electron chi connectivity index (χ3n) is 5.63. The summed E-state index contributed by atoms with van der Waals surface area (Å²) in [6.07, 6.45) is 1.49. The second kappa shape index (κ2) is 10.1. The van der Waals surface area contributed by atoms with E-state index in [4.69, 9.17) is 21.3 Å². The Bertz CT molecular complexity index is 1590. The summed E-state index contributed by atoms with van der Waals surface area (Å²) in [5.41, 5.74) is 2.31. The van der Waals surface area contributed by atoms with Crippen LogP contribution in [0, 0.1) is 11.6 Å². The molecular formula is C29H19ClF2N2O2. The number of imidazole rings is 1. The lowest BCUT2D eigenvalue weighted by atomic mass is 10.1. The molecule has 1 aromatic heterocycles. The number of halogens is 3. The zero-order valence-corrected chi connectivity index (χ0v) is 19.6. The van der Waals surface area contributed by atoms with Crippen LogP contribution < -0.4 is 0 Å². The number of esters is 1. The van der Waals surface area contributed by atoms with Crippen molar-refractivity contribution in [2.45, 2.75) is 6.54 Å². The van der Waals surface area contributed by atoms with Gasteiger partial charge >= 0.3 is 5.97 Å². The van der Waals surface area contributed by atoms with Crippen LogP contribution in [0.25, 0.3) is 22.9 Å². The molecule has 36 heavy (non-hydrogen) atoms. The van der Waals surface area contributed by atoms with E-state index in [-0.39, 0.29) is 16.9 Å². The maximum atomic E-state index is 14.8. The van der Waals surface area contributed by atoms with Crippen LogP contribution in [-0.2, 0) is 11.3 Å². The first kappa shape index (κ1) is 23.5. The number of fused-ring (bicyclic) bond motifs is 1. The van der Waals surface area contributed by atoms with Gasteiger partial charge in [0.2, 0.25) is 0 Å². The quantitative estimate of drug-likeness (QED) is 0.180. The van der Waals surface area contributed by atoms with Crippen LogP contribution in [-0.4, -0.2) is 15.5 Å². The maximum absolute atomic E-state index is 14.8. The molecule has 4 aromatic carbocycles. The molecular weight excluding hydrogens is 482 g/mol. The highest BCUT2D eigenvalue weighted by atomic mass is 35.5. The lowest BCUT2D eigenvalue weighted by molar-refractivity contribution is 0.0688. The molecule has 4 nitrogen and oxygen atoms in total. The third kappa shape index (κ3) is 4.90. The van der Waals surface area contributed by atoms with Crippen LogP contribution in [0.3, 0.4) is 0 Å². The Hall–Kier alpha value is -4.29. The number of rotatable bonds is 6. The van der Waals surface area contributed by atoms with Crippen molar-refractivity contribution in [2.75, 3.05) is 0 Å². The number of benzene rings is 4. The van der Waals surface area contributed by atoms with Crippen molar-refractivity contribution in [3.63, 3.8) is 0 Å². The summed E-state index contributed by atoms with van der Waals surface area (Å²) in [6.45, 7) is 0.440. The number of ether oxygens (including phenoxy) is 1. The van der Waals surface area contributed by atoms with Gasteiger partial charge in [-0.2, -0.15) is 0 Å². The van der Waals surface area contributed by atoms with Crippen LogP contribution in [0.1, 0.15) is 27.3 Å². The van der Waals surface area contributed by atoms with Crippen molar-refractivity contribution in [3.05, 3.63) is 136 Å². The predicted octanol–water partition coefficient (Wildman–Crippen LogP) is 7.37. The number of aromatic nitrogens is 2. The molecule has 5 aromatic rings. The minimum atomic E-state index is -0.942. The lowest BCUT2D eigenvalue weighted by Crippen LogP contribution is -2.09. The van der Waals surface area contributed by atoms with Crippen molar-refractivity contribution < 1.29 is 18.3 Å². The second-order valence-electron chi connectivity index (χ2n) is 8.03. The molecule has 0 aliphatic heterocycles. The minimum Gasteiger partial charge on any atom is -0.422 e. The number of nitrogens with zero attached hydrogens (tertiary/aromatic N) is 2. The first-order valence-electron chi connectivity index (χ1n) is 11.1. The standard InChI is InChI=1S/C29H19ClF2N2O2/c30-20-15-13-19(14-16-20)18-34-26-12-6-5-11-25(26)33-28(34)17-27(21-7-1-3-9-23(21)31)36-29(35)22-8-2-4-10-24(22)32/h1-17H,18H2/b27-17+. The average molecular weight is 501 g/mol. The smallest absolute Gasteiger partial charge is 0.346 e. The van der Waals surface area contributed by atoms with E-state index in [1.54, 1.807) is 18.2 Å². The monoisotopic (exact) mass is 500 g/mol. The van der Waals surface area contributed by atoms with Crippen molar-refractivity contribution >= 4 is 40.4 Å². The van der Waals surface area contributed by atoms with Crippen molar-refractivity contribution in [2.24, 2.45) is 0 Å². The zero-order chi connectivity index (χ0) is 25.1. The summed E-state index contributed by atoms with van der Waals surface area (Å²) in [7, 11) is 0. The molecule has 5 rings (SSSR count). The van der Waals surface area contributed by atoms with Crippen LogP contribution in [0.5, 0.6) is 0 Å². The van der Waals surface area contributed by atoms with Gasteiger partial charge in [-0.1, -0.05) is 60.1 Å². The summed E-state index contributed by atoms with van der Waals surface area (Å²) < 4.78 is 36.6. The zero-order valence-electron chi connectivity index (χ0n) is 18.9. The molecule has 0 amide bonds. The molecule has 0 fully saturated rings. The van der Waals surface area contributed by atoms with Gasteiger partial charge in [-0.25, -0.2) is 18.6 Å². The Labute approximate surface area is 211 Å². The molecule has 0 radical (unpaired) electrons. The summed E-state index contributed by atoms with van der Waals surface area (Å²) in [6, 6.07) is 26.3. The van der Waals surface area contributed by atoms with Gasteiger partial charge in [0.1, 0.15) is 23.2 Å². The summed E-state index contributed by atoms with van der Waals surface area (Å²) in [4.78, 5) is 17.6. The number of carbonyl (C=O) groups excluding carboxylic acids is 1. The van der Waals surface area contributed by atoms with Gasteiger partial charge in [0, 0.05) is 17.6 Å². The van der Waals surface area contributed by atoms with Crippen molar-refractivity contribution in [1.82, 2.24) is 9.55 Å². The maximum Gasteiger partial charge on any atom is 0.346 e. The van der Waals surface area contributed by atoms with E-state index in [0.29, 0.717) is 22.9 Å². The molecule has 0 saturated carbocycles. The van der Waals surface area contributed by atoms with E-state index >= 15 is 0 Å². The highest BCUT2D eigenvalue weighted by Gasteiger charge is 2.20. The highest BCUT2D eigenvalue weighted by molar-refractivity contribution is 6.30. The Morgan fingerprint density at radius 1 is 0.833 bits per heavy atom. The Morgan fingerprint density at radius 3 is 2.14 bits per heavy atom. The Morgan fingerprint density at radius 2 is 1.44 bits per heavy atom. The first-order valence-corrected chi connectivity index (χ1v) is 11.5. The SMILES string of the molecule is O=C(O/C(=C/c1nc2ccccc2n1Cc1ccc(Cl)cc1)c1ccccc1F)c1ccccc1F. The van der Waals surface area contributed by atoms with E-state index in [1.807, 2.05) is 41.0 Å². The van der Waals surface area contributed by atoms with Gasteiger partial charge in [-0.05, 0) is 54.1 Å². The van der Waals surface area contributed by atoms with Gasteiger partial charge in [-0.15, -0.1) is 0 Å². The number of hydrogen-bond acceptors (Lipinski definition) is 3. The topological polar surface area (TPSA) is 44.1 Å². The molecule has 0 N–H and O–H groups in total. The molecule has 0 unspecified atom stereocenters. The second-order valence-corrected chi connectivity index (χ2v) is 8.47. The van der Waals surface area contributed by atoms with E-state index in [2.05, 4.69) is 0 Å². The molecule has 1 heterocycles. The van der Waals surface area contributed by atoms with Crippen molar-refractivity contribution in [1.29, 1.82) is 0 Å². The van der Waals surface area contributed by atoms with Gasteiger partial charge in [0.05, 0.1) is 22.2 Å².